The molecule has 0 aliphatic heterocycles. The van der Waals surface area contributed by atoms with E-state index in [1.54, 1.807) is 11.4 Å². The Morgan fingerprint density at radius 3 is 2.89 bits per heavy atom. The van der Waals surface area contributed by atoms with Crippen molar-refractivity contribution in [3.8, 4) is 10.6 Å². The van der Waals surface area contributed by atoms with Gasteiger partial charge in [0.2, 0.25) is 0 Å². The van der Waals surface area contributed by atoms with Gasteiger partial charge in [-0.2, -0.15) is 0 Å². The first-order chi connectivity index (χ1) is 8.97. The molecule has 1 aromatic carbocycles. The molecule has 0 spiro atoms. The smallest absolute Gasteiger partial charge is 0.309 e. The van der Waals surface area contributed by atoms with Crippen LogP contribution in [0.4, 0.5) is 5.69 Å². The van der Waals surface area contributed by atoms with E-state index in [1.807, 2.05) is 6.92 Å². The van der Waals surface area contributed by atoms with E-state index in [4.69, 9.17) is 5.11 Å². The molecule has 2 aromatic rings. The predicted octanol–water partition coefficient (Wildman–Crippen LogP) is 2.65. The number of nitro groups is 1. The van der Waals surface area contributed by atoms with Crippen molar-refractivity contribution in [3.05, 3.63) is 45.0 Å². The highest BCUT2D eigenvalue weighted by molar-refractivity contribution is 7.13. The van der Waals surface area contributed by atoms with Crippen LogP contribution in [0.5, 0.6) is 0 Å². The van der Waals surface area contributed by atoms with Crippen LogP contribution in [-0.2, 0) is 11.2 Å². The topological polar surface area (TPSA) is 93.3 Å². The van der Waals surface area contributed by atoms with Gasteiger partial charge in [0.25, 0.3) is 5.69 Å². The summed E-state index contributed by atoms with van der Waals surface area (Å²) >= 11 is 1.28. The van der Waals surface area contributed by atoms with Crippen LogP contribution in [0.25, 0.3) is 10.6 Å². The number of benzene rings is 1. The highest BCUT2D eigenvalue weighted by atomic mass is 32.1. The minimum Gasteiger partial charge on any atom is -0.481 e. The Labute approximate surface area is 112 Å². The fraction of sp³-hybridized carbons (Fsp3) is 0.167. The largest absolute Gasteiger partial charge is 0.481 e. The molecule has 98 valence electrons. The third kappa shape index (κ3) is 2.94. The van der Waals surface area contributed by atoms with Gasteiger partial charge in [0, 0.05) is 23.1 Å². The fourth-order valence-electron chi connectivity index (χ4n) is 1.62. The van der Waals surface area contributed by atoms with Crippen molar-refractivity contribution in [2.45, 2.75) is 13.3 Å². The molecule has 0 amide bonds. The Kier molecular flexibility index (Phi) is 3.57. The fourth-order valence-corrected chi connectivity index (χ4v) is 2.52. The van der Waals surface area contributed by atoms with Crippen molar-refractivity contribution in [2.75, 3.05) is 0 Å². The molecule has 0 bridgehead atoms. The number of aromatic nitrogens is 1. The van der Waals surface area contributed by atoms with Crippen molar-refractivity contribution in [3.63, 3.8) is 0 Å². The van der Waals surface area contributed by atoms with Gasteiger partial charge in [0.1, 0.15) is 5.01 Å². The number of nitrogens with zero attached hydrogens (tertiary/aromatic N) is 2. The van der Waals surface area contributed by atoms with E-state index < -0.39 is 10.9 Å². The van der Waals surface area contributed by atoms with E-state index in [-0.39, 0.29) is 12.1 Å². The molecule has 1 N–H and O–H groups in total. The van der Waals surface area contributed by atoms with Crippen LogP contribution in [0.3, 0.4) is 0 Å². The van der Waals surface area contributed by atoms with Gasteiger partial charge in [-0.3, -0.25) is 14.9 Å². The second-order valence-corrected chi connectivity index (χ2v) is 4.83. The first kappa shape index (κ1) is 13.2. The molecular formula is C12H10N2O4S. The van der Waals surface area contributed by atoms with E-state index in [0.29, 0.717) is 16.3 Å². The summed E-state index contributed by atoms with van der Waals surface area (Å²) in [5, 5.41) is 21.7. The number of aliphatic carboxylic acids is 1. The standard InChI is InChI=1S/C12H10N2O4S/c1-7-2-3-9(14(17)18)5-10(7)12-13-8(6-19-12)4-11(15)16/h2-3,5-6H,4H2,1H3,(H,15,16). The third-order valence-electron chi connectivity index (χ3n) is 2.55. The minimum atomic E-state index is -0.951. The van der Waals surface area contributed by atoms with Crippen LogP contribution in [-0.4, -0.2) is 21.0 Å². The van der Waals surface area contributed by atoms with Gasteiger partial charge in [0.05, 0.1) is 17.0 Å². The number of non-ortho nitro benzene ring substituents is 1. The Morgan fingerprint density at radius 2 is 2.26 bits per heavy atom. The van der Waals surface area contributed by atoms with Crippen molar-refractivity contribution in [1.82, 2.24) is 4.98 Å². The molecule has 1 aromatic heterocycles. The highest BCUT2D eigenvalue weighted by Gasteiger charge is 2.14. The SMILES string of the molecule is Cc1ccc([N+](=O)[O-])cc1-c1nc(CC(=O)O)cs1. The van der Waals surface area contributed by atoms with Crippen molar-refractivity contribution in [1.29, 1.82) is 0 Å². The molecular weight excluding hydrogens is 268 g/mol. The van der Waals surface area contributed by atoms with E-state index in [9.17, 15) is 14.9 Å². The molecule has 0 aliphatic carbocycles. The molecule has 0 atom stereocenters. The average molecular weight is 278 g/mol. The summed E-state index contributed by atoms with van der Waals surface area (Å²) < 4.78 is 0. The zero-order valence-electron chi connectivity index (χ0n) is 9.99. The van der Waals surface area contributed by atoms with Crippen LogP contribution >= 0.6 is 11.3 Å². The lowest BCUT2D eigenvalue weighted by Gasteiger charge is -2.01. The van der Waals surface area contributed by atoms with Gasteiger partial charge < -0.3 is 5.11 Å². The summed E-state index contributed by atoms with van der Waals surface area (Å²) in [6.45, 7) is 1.83. The van der Waals surface area contributed by atoms with E-state index in [1.165, 1.54) is 23.5 Å². The van der Waals surface area contributed by atoms with Gasteiger partial charge in [-0.1, -0.05) is 6.07 Å². The highest BCUT2D eigenvalue weighted by Crippen LogP contribution is 2.30. The summed E-state index contributed by atoms with van der Waals surface area (Å²) in [7, 11) is 0. The van der Waals surface area contributed by atoms with Crippen LogP contribution < -0.4 is 0 Å². The molecule has 2 rings (SSSR count). The molecule has 0 saturated carbocycles. The summed E-state index contributed by atoms with van der Waals surface area (Å²) in [6.07, 6.45) is -0.148. The molecule has 1 heterocycles. The van der Waals surface area contributed by atoms with Crippen molar-refractivity contribution >= 4 is 23.0 Å². The number of thiazole rings is 1. The van der Waals surface area contributed by atoms with Crippen LogP contribution in [0.15, 0.2) is 23.6 Å². The first-order valence-corrected chi connectivity index (χ1v) is 6.27. The maximum atomic E-state index is 10.8. The van der Waals surface area contributed by atoms with Gasteiger partial charge >= 0.3 is 5.97 Å². The Balaban J connectivity index is 2.40. The number of carboxylic acids is 1. The van der Waals surface area contributed by atoms with E-state index in [0.717, 1.165) is 5.56 Å². The van der Waals surface area contributed by atoms with Gasteiger partial charge in [0.15, 0.2) is 0 Å². The number of rotatable bonds is 4. The Hall–Kier alpha value is -2.28. The van der Waals surface area contributed by atoms with Gasteiger partial charge in [-0.25, -0.2) is 4.98 Å². The third-order valence-corrected chi connectivity index (χ3v) is 3.47. The predicted molar refractivity (Wildman–Crippen MR) is 70.3 cm³/mol. The summed E-state index contributed by atoms with van der Waals surface area (Å²) in [5.74, 6) is -0.951. The molecule has 0 aliphatic rings. The molecule has 0 fully saturated rings. The Morgan fingerprint density at radius 1 is 1.53 bits per heavy atom. The summed E-state index contributed by atoms with van der Waals surface area (Å²) in [5.41, 5.74) is 1.98. The number of aryl methyl sites for hydroxylation is 1. The number of hydrogen-bond acceptors (Lipinski definition) is 5. The lowest BCUT2D eigenvalue weighted by molar-refractivity contribution is -0.384. The minimum absolute atomic E-state index is 0.00409. The second kappa shape index (κ2) is 5.15. The number of hydrogen-bond donors (Lipinski definition) is 1. The molecule has 7 heteroatoms. The maximum absolute atomic E-state index is 10.8. The van der Waals surface area contributed by atoms with Crippen molar-refractivity contribution in [2.24, 2.45) is 0 Å². The van der Waals surface area contributed by atoms with Crippen LogP contribution in [0, 0.1) is 17.0 Å². The molecule has 0 saturated heterocycles. The zero-order valence-corrected chi connectivity index (χ0v) is 10.8. The quantitative estimate of drug-likeness (QED) is 0.685. The van der Waals surface area contributed by atoms with E-state index in [2.05, 4.69) is 4.98 Å². The number of carbonyl (C=O) groups is 1. The molecule has 19 heavy (non-hydrogen) atoms. The average Bonchev–Trinajstić information content (AvgIpc) is 2.76. The molecule has 6 nitrogen and oxygen atoms in total. The van der Waals surface area contributed by atoms with Crippen LogP contribution in [0.2, 0.25) is 0 Å². The normalized spacial score (nSPS) is 10.4. The van der Waals surface area contributed by atoms with Gasteiger partial charge in [-0.15, -0.1) is 11.3 Å². The zero-order chi connectivity index (χ0) is 14.0. The lowest BCUT2D eigenvalue weighted by atomic mass is 10.1. The van der Waals surface area contributed by atoms with Crippen LogP contribution in [0.1, 0.15) is 11.3 Å². The monoisotopic (exact) mass is 278 g/mol. The van der Waals surface area contributed by atoms with Gasteiger partial charge in [-0.05, 0) is 12.5 Å². The molecule has 0 unspecified atom stereocenters. The number of carboxylic acid groups (broad SMARTS) is 1. The van der Waals surface area contributed by atoms with E-state index >= 15 is 0 Å². The maximum Gasteiger partial charge on any atom is 0.309 e. The lowest BCUT2D eigenvalue weighted by Crippen LogP contribution is -2.00. The van der Waals surface area contributed by atoms with Crippen molar-refractivity contribution < 1.29 is 14.8 Å². The summed E-state index contributed by atoms with van der Waals surface area (Å²) in [4.78, 5) is 25.1. The number of nitro benzene ring substituents is 1. The molecule has 0 radical (unpaired) electrons. The summed E-state index contributed by atoms with van der Waals surface area (Å²) in [6, 6.07) is 4.55. The Bertz CT molecular complexity index is 651. The second-order valence-electron chi connectivity index (χ2n) is 3.97. The first-order valence-electron chi connectivity index (χ1n) is 5.39.